The fourth-order valence-electron chi connectivity index (χ4n) is 6.69. The number of ether oxygens (including phenoxy) is 2. The number of carbonyl (C=O) groups excluding carboxylic acids is 8. The van der Waals surface area contributed by atoms with Crippen LogP contribution in [-0.2, 0) is 44.8 Å². The van der Waals surface area contributed by atoms with Crippen molar-refractivity contribution in [3.05, 3.63) is 108 Å². The smallest absolute Gasteiger partial charge is 0.407 e. The fourth-order valence-corrected chi connectivity index (χ4v) is 6.69. The van der Waals surface area contributed by atoms with Crippen LogP contribution in [0.25, 0.3) is 0 Å². The number of nitrogens with two attached hydrogens (primary N) is 1. The van der Waals surface area contributed by atoms with E-state index >= 15 is 0 Å². The molecule has 0 spiro atoms. The first kappa shape index (κ1) is 48.1. The molecule has 1 unspecified atom stereocenters. The molecule has 5 atom stereocenters. The molecule has 7 amide bonds. The van der Waals surface area contributed by atoms with E-state index in [0.717, 1.165) is 5.56 Å². The Hall–Kier alpha value is -6.62. The summed E-state index contributed by atoms with van der Waals surface area (Å²) in [6, 6.07) is 21.3. The molecule has 332 valence electrons. The first-order valence-corrected chi connectivity index (χ1v) is 20.8. The highest BCUT2D eigenvalue weighted by Crippen LogP contribution is 2.24. The molecule has 0 aromatic heterocycles. The van der Waals surface area contributed by atoms with Crippen LogP contribution in [0.5, 0.6) is 0 Å². The summed E-state index contributed by atoms with van der Waals surface area (Å²) < 4.78 is 11.5. The number of benzene rings is 3. The molecule has 3 aromatic rings. The zero-order valence-corrected chi connectivity index (χ0v) is 35.3. The van der Waals surface area contributed by atoms with Crippen LogP contribution in [-0.4, -0.2) is 103 Å². The van der Waals surface area contributed by atoms with Gasteiger partial charge in [0.15, 0.2) is 0 Å². The van der Waals surface area contributed by atoms with Crippen LogP contribution >= 0.6 is 0 Å². The summed E-state index contributed by atoms with van der Waals surface area (Å²) in [4.78, 5) is 107. The van der Waals surface area contributed by atoms with Gasteiger partial charge in [0.2, 0.25) is 29.4 Å². The highest BCUT2D eigenvalue weighted by Gasteiger charge is 2.43. The molecule has 3 aromatic carbocycles. The van der Waals surface area contributed by atoms with E-state index < -0.39 is 78.2 Å². The van der Waals surface area contributed by atoms with Gasteiger partial charge < -0.3 is 46.7 Å². The lowest BCUT2D eigenvalue weighted by Crippen LogP contribution is -2.56. The normalized spacial score (nSPS) is 16.0. The summed E-state index contributed by atoms with van der Waals surface area (Å²) in [6.45, 7) is 5.23. The highest BCUT2D eigenvalue weighted by atomic mass is 16.5. The Bertz CT molecular complexity index is 1980. The number of alkyl carbamates (subject to hydrolysis) is 1. The largest absolute Gasteiger partial charge is 0.449 e. The molecular weight excluding hydrogens is 799 g/mol. The van der Waals surface area contributed by atoms with Crippen molar-refractivity contribution in [1.82, 2.24) is 31.5 Å². The molecule has 0 saturated carbocycles. The summed E-state index contributed by atoms with van der Waals surface area (Å²) in [5, 5.41) is 12.8. The van der Waals surface area contributed by atoms with Crippen molar-refractivity contribution in [1.29, 1.82) is 0 Å². The maximum Gasteiger partial charge on any atom is 0.407 e. The van der Waals surface area contributed by atoms with E-state index in [1.165, 1.54) is 4.90 Å². The minimum absolute atomic E-state index is 0.0177. The zero-order chi connectivity index (χ0) is 45.0. The van der Waals surface area contributed by atoms with Crippen molar-refractivity contribution >= 4 is 47.3 Å². The van der Waals surface area contributed by atoms with Gasteiger partial charge in [-0.15, -0.1) is 0 Å². The molecule has 7 N–H and O–H groups in total. The number of carbonyl (C=O) groups is 8. The number of nitrogens with one attached hydrogen (secondary N) is 5. The zero-order valence-electron chi connectivity index (χ0n) is 35.3. The minimum atomic E-state index is -1.33. The summed E-state index contributed by atoms with van der Waals surface area (Å²) in [5.74, 6) is -5.42. The number of nitrogens with zero attached hydrogens (tertiary/aromatic N) is 1. The number of ketones is 1. The van der Waals surface area contributed by atoms with E-state index in [9.17, 15) is 38.4 Å². The molecule has 0 aliphatic carbocycles. The first-order chi connectivity index (χ1) is 29.8. The second-order valence-electron chi connectivity index (χ2n) is 15.3. The molecule has 17 heteroatoms. The third-order valence-electron chi connectivity index (χ3n) is 9.87. The van der Waals surface area contributed by atoms with E-state index in [-0.39, 0.29) is 63.8 Å². The van der Waals surface area contributed by atoms with Crippen LogP contribution in [0, 0.1) is 5.92 Å². The van der Waals surface area contributed by atoms with Crippen LogP contribution < -0.4 is 32.3 Å². The average Bonchev–Trinajstić information content (AvgIpc) is 3.71. The number of primary amides is 1. The summed E-state index contributed by atoms with van der Waals surface area (Å²) in [7, 11) is 0. The van der Waals surface area contributed by atoms with Gasteiger partial charge in [-0.2, -0.15) is 0 Å². The van der Waals surface area contributed by atoms with Gasteiger partial charge in [0, 0.05) is 25.1 Å². The van der Waals surface area contributed by atoms with Crippen molar-refractivity contribution in [3.63, 3.8) is 0 Å². The van der Waals surface area contributed by atoms with Gasteiger partial charge in [-0.1, -0.05) is 106 Å². The van der Waals surface area contributed by atoms with Crippen molar-refractivity contribution < 1.29 is 47.8 Å². The predicted octanol–water partition coefficient (Wildman–Crippen LogP) is 2.45. The van der Waals surface area contributed by atoms with Crippen molar-refractivity contribution in [2.45, 2.75) is 89.8 Å². The molecule has 1 aliphatic rings. The van der Waals surface area contributed by atoms with Crippen LogP contribution in [0.2, 0.25) is 0 Å². The molecule has 1 aliphatic heterocycles. The number of Topliss-reactive ketones (excluding diaryl/α,β-unsaturated/α-hetero) is 1. The second kappa shape index (κ2) is 24.6. The monoisotopic (exact) mass is 855 g/mol. The van der Waals surface area contributed by atoms with Gasteiger partial charge in [0.05, 0.1) is 31.9 Å². The Morgan fingerprint density at radius 1 is 0.790 bits per heavy atom. The van der Waals surface area contributed by atoms with E-state index in [0.29, 0.717) is 17.5 Å². The highest BCUT2D eigenvalue weighted by molar-refractivity contribution is 6.38. The third kappa shape index (κ3) is 15.1. The molecule has 1 fully saturated rings. The number of hydrogen-bond acceptors (Lipinski definition) is 10. The molecular formula is C45H57N7O10. The van der Waals surface area contributed by atoms with Gasteiger partial charge in [0.1, 0.15) is 18.1 Å². The Kier molecular flexibility index (Phi) is 19.1. The fraction of sp³-hybridized carbons (Fsp3) is 0.422. The molecule has 1 saturated heterocycles. The van der Waals surface area contributed by atoms with Crippen LogP contribution in [0.1, 0.15) is 80.4 Å². The molecule has 0 radical (unpaired) electrons. The maximum absolute atomic E-state index is 14.4. The molecule has 1 heterocycles. The van der Waals surface area contributed by atoms with E-state index in [4.69, 9.17) is 15.2 Å². The lowest BCUT2D eigenvalue weighted by molar-refractivity contribution is -0.143. The minimum Gasteiger partial charge on any atom is -0.449 e. The number of likely N-dealkylation sites (tertiary alicyclic amines) is 1. The summed E-state index contributed by atoms with van der Waals surface area (Å²) >= 11 is 0. The summed E-state index contributed by atoms with van der Waals surface area (Å²) in [6.07, 6.45) is -0.656. The standard InChI is InChI=1S/C45H57N7O10/c1-4-15-34(39(54)43(58)48-25-37(53)51-38(40(46)55)31-18-10-6-11-19-31)49-42(57)36-24-33(61-28-30-16-8-5-9-17-30)26-52(36)44(59)35(50-45(60)62-27-29(2)3)22-14-23-47-41(56)32-20-12-7-13-21-32/h5-13,16-21,29,33-36,38H,4,14-15,22-28H2,1-3H3,(H2,46,55)(H,47,56)(H,48,58)(H,49,57)(H,50,60)(H,51,53)/t33-,34?,35+,36+,38+/m1/s1. The molecule has 17 nitrogen and oxygen atoms in total. The second-order valence-corrected chi connectivity index (χ2v) is 15.3. The number of amides is 7. The van der Waals surface area contributed by atoms with Crippen LogP contribution in [0.15, 0.2) is 91.0 Å². The Labute approximate surface area is 361 Å². The van der Waals surface area contributed by atoms with Crippen molar-refractivity contribution in [3.8, 4) is 0 Å². The Balaban J connectivity index is 1.48. The maximum atomic E-state index is 14.4. The SMILES string of the molecule is CCCC(NC(=O)[C@@H]1C[C@@H](OCc2ccccc2)CN1C(=O)[C@H](CCCNC(=O)c1ccccc1)NC(=O)OCC(C)C)C(=O)C(=O)NCC(=O)N[C@H](C(N)=O)c1ccccc1. The van der Waals surface area contributed by atoms with Gasteiger partial charge in [-0.3, -0.25) is 33.6 Å². The van der Waals surface area contributed by atoms with Gasteiger partial charge in [-0.25, -0.2) is 4.79 Å². The van der Waals surface area contributed by atoms with Gasteiger partial charge in [-0.05, 0) is 48.4 Å². The molecule has 4 rings (SSSR count). The van der Waals surface area contributed by atoms with Crippen LogP contribution in [0.3, 0.4) is 0 Å². The van der Waals surface area contributed by atoms with E-state index in [1.54, 1.807) is 67.6 Å². The third-order valence-corrected chi connectivity index (χ3v) is 9.87. The topological polar surface area (TPSA) is 244 Å². The van der Waals surface area contributed by atoms with E-state index in [1.807, 2.05) is 44.2 Å². The number of hydrogen-bond donors (Lipinski definition) is 6. The quantitative estimate of drug-likeness (QED) is 0.0601. The van der Waals surface area contributed by atoms with Gasteiger partial charge in [0.25, 0.3) is 11.8 Å². The Morgan fingerprint density at radius 3 is 2.06 bits per heavy atom. The molecule has 62 heavy (non-hydrogen) atoms. The van der Waals surface area contributed by atoms with Crippen molar-refractivity contribution in [2.24, 2.45) is 11.7 Å². The van der Waals surface area contributed by atoms with Gasteiger partial charge >= 0.3 is 6.09 Å². The summed E-state index contributed by atoms with van der Waals surface area (Å²) in [5.41, 5.74) is 7.23. The van der Waals surface area contributed by atoms with Crippen molar-refractivity contribution in [2.75, 3.05) is 26.2 Å². The first-order valence-electron chi connectivity index (χ1n) is 20.8. The van der Waals surface area contributed by atoms with Crippen LogP contribution in [0.4, 0.5) is 4.79 Å². The number of rotatable bonds is 23. The molecule has 0 bridgehead atoms. The van der Waals surface area contributed by atoms with E-state index in [2.05, 4.69) is 26.6 Å². The lowest BCUT2D eigenvalue weighted by Gasteiger charge is -2.29. The Morgan fingerprint density at radius 2 is 1.44 bits per heavy atom. The lowest BCUT2D eigenvalue weighted by atomic mass is 10.0. The predicted molar refractivity (Wildman–Crippen MR) is 228 cm³/mol. The average molecular weight is 856 g/mol.